The van der Waals surface area contributed by atoms with E-state index in [-0.39, 0.29) is 11.9 Å². The van der Waals surface area contributed by atoms with E-state index in [1.54, 1.807) is 0 Å². The van der Waals surface area contributed by atoms with Crippen LogP contribution in [0.25, 0.3) is 10.9 Å². The van der Waals surface area contributed by atoms with Crippen LogP contribution in [0.3, 0.4) is 0 Å². The number of benzene rings is 1. The fourth-order valence-corrected chi connectivity index (χ4v) is 3.46. The number of carbonyl (C=O) groups is 1. The van der Waals surface area contributed by atoms with Crippen LogP contribution in [0.1, 0.15) is 19.4 Å². The summed E-state index contributed by atoms with van der Waals surface area (Å²) in [6.07, 6.45) is 1.81. The van der Waals surface area contributed by atoms with Gasteiger partial charge in [0, 0.05) is 55.4 Å². The molecule has 0 spiro atoms. The van der Waals surface area contributed by atoms with Gasteiger partial charge in [-0.1, -0.05) is 17.7 Å². The molecule has 6 heteroatoms. The van der Waals surface area contributed by atoms with Gasteiger partial charge in [0.2, 0.25) is 5.91 Å². The smallest absolute Gasteiger partial charge is 0.234 e. The maximum Gasteiger partial charge on any atom is 0.234 e. The van der Waals surface area contributed by atoms with E-state index in [4.69, 9.17) is 11.6 Å². The predicted octanol–water partition coefficient (Wildman–Crippen LogP) is 2.53. The Morgan fingerprint density at radius 2 is 1.92 bits per heavy atom. The minimum Gasteiger partial charge on any atom is -0.353 e. The number of piperazine rings is 1. The molecular weight excluding hydrogens is 336 g/mol. The second kappa shape index (κ2) is 8.13. The van der Waals surface area contributed by atoms with E-state index in [0.29, 0.717) is 6.54 Å². The van der Waals surface area contributed by atoms with E-state index < -0.39 is 0 Å². The summed E-state index contributed by atoms with van der Waals surface area (Å²) < 4.78 is 0. The summed E-state index contributed by atoms with van der Waals surface area (Å²) in [5.41, 5.74) is 2.18. The summed E-state index contributed by atoms with van der Waals surface area (Å²) in [5, 5.41) is 4.70. The standard InChI is InChI=1S/C19H25ClN4O/c1-14(2)22-18(25)13-24-10-8-23(9-11-24)12-15-5-6-17(20)16-4-3-7-21-19(15)16/h3-7,14H,8-13H2,1-2H3,(H,22,25). The van der Waals surface area contributed by atoms with Crippen molar-refractivity contribution in [3.05, 3.63) is 41.0 Å². The lowest BCUT2D eigenvalue weighted by Crippen LogP contribution is -2.49. The zero-order valence-electron chi connectivity index (χ0n) is 14.8. The molecule has 1 saturated heterocycles. The van der Waals surface area contributed by atoms with E-state index in [1.165, 1.54) is 5.56 Å². The molecule has 0 bridgehead atoms. The fourth-order valence-electron chi connectivity index (χ4n) is 3.24. The third-order valence-electron chi connectivity index (χ3n) is 4.48. The number of rotatable bonds is 5. The number of nitrogens with one attached hydrogen (secondary N) is 1. The first-order chi connectivity index (χ1) is 12.0. The van der Waals surface area contributed by atoms with Crippen molar-refractivity contribution in [2.45, 2.75) is 26.4 Å². The van der Waals surface area contributed by atoms with Gasteiger partial charge in [0.1, 0.15) is 0 Å². The number of hydrogen-bond acceptors (Lipinski definition) is 4. The zero-order chi connectivity index (χ0) is 17.8. The molecule has 0 atom stereocenters. The highest BCUT2D eigenvalue weighted by molar-refractivity contribution is 6.35. The van der Waals surface area contributed by atoms with Gasteiger partial charge in [-0.25, -0.2) is 0 Å². The Bertz CT molecular complexity index is 741. The van der Waals surface area contributed by atoms with Crippen LogP contribution in [-0.2, 0) is 11.3 Å². The molecule has 0 saturated carbocycles. The molecule has 3 rings (SSSR count). The SMILES string of the molecule is CC(C)NC(=O)CN1CCN(Cc2ccc(Cl)c3cccnc23)CC1. The molecule has 2 heterocycles. The number of carbonyl (C=O) groups excluding carboxylic acids is 1. The first kappa shape index (κ1) is 18.1. The van der Waals surface area contributed by atoms with Crippen LogP contribution in [0.4, 0.5) is 0 Å². The molecule has 1 aromatic heterocycles. The van der Waals surface area contributed by atoms with Gasteiger partial charge < -0.3 is 5.32 Å². The second-order valence-electron chi connectivity index (χ2n) is 6.88. The van der Waals surface area contributed by atoms with E-state index >= 15 is 0 Å². The number of hydrogen-bond donors (Lipinski definition) is 1. The van der Waals surface area contributed by atoms with Crippen molar-refractivity contribution < 1.29 is 4.79 Å². The lowest BCUT2D eigenvalue weighted by atomic mass is 10.1. The van der Waals surface area contributed by atoms with Crippen LogP contribution >= 0.6 is 11.6 Å². The van der Waals surface area contributed by atoms with Gasteiger partial charge in [0.25, 0.3) is 0 Å². The molecule has 1 N–H and O–H groups in total. The van der Waals surface area contributed by atoms with Crippen molar-refractivity contribution in [1.29, 1.82) is 0 Å². The third kappa shape index (κ3) is 4.69. The van der Waals surface area contributed by atoms with Crippen molar-refractivity contribution in [3.8, 4) is 0 Å². The first-order valence-corrected chi connectivity index (χ1v) is 9.17. The molecule has 0 aliphatic carbocycles. The van der Waals surface area contributed by atoms with Crippen LogP contribution in [0, 0.1) is 0 Å². The fraction of sp³-hybridized carbons (Fsp3) is 0.474. The van der Waals surface area contributed by atoms with E-state index in [9.17, 15) is 4.79 Å². The molecule has 134 valence electrons. The highest BCUT2D eigenvalue weighted by atomic mass is 35.5. The molecule has 1 fully saturated rings. The molecule has 1 amide bonds. The van der Waals surface area contributed by atoms with Gasteiger partial charge in [-0.15, -0.1) is 0 Å². The quantitative estimate of drug-likeness (QED) is 0.890. The number of nitrogens with zero attached hydrogens (tertiary/aromatic N) is 3. The molecule has 1 aromatic carbocycles. The minimum absolute atomic E-state index is 0.108. The van der Waals surface area contributed by atoms with Gasteiger partial charge in [0.05, 0.1) is 12.1 Å². The number of amides is 1. The molecule has 5 nitrogen and oxygen atoms in total. The predicted molar refractivity (Wildman–Crippen MR) is 102 cm³/mol. The molecule has 25 heavy (non-hydrogen) atoms. The summed E-state index contributed by atoms with van der Waals surface area (Å²) in [6.45, 7) is 9.03. The lowest BCUT2D eigenvalue weighted by molar-refractivity contribution is -0.123. The Labute approximate surface area is 154 Å². The van der Waals surface area contributed by atoms with Crippen LogP contribution < -0.4 is 5.32 Å². The Morgan fingerprint density at radius 3 is 2.64 bits per heavy atom. The molecule has 2 aromatic rings. The summed E-state index contributed by atoms with van der Waals surface area (Å²) in [6, 6.07) is 8.14. The average molecular weight is 361 g/mol. The highest BCUT2D eigenvalue weighted by Gasteiger charge is 2.20. The van der Waals surface area contributed by atoms with E-state index in [0.717, 1.165) is 48.6 Å². The minimum atomic E-state index is 0.108. The third-order valence-corrected chi connectivity index (χ3v) is 4.81. The first-order valence-electron chi connectivity index (χ1n) is 8.79. The van der Waals surface area contributed by atoms with Crippen molar-refractivity contribution in [3.63, 3.8) is 0 Å². The van der Waals surface area contributed by atoms with E-state index in [2.05, 4.69) is 26.2 Å². The number of halogens is 1. The molecule has 1 aliphatic heterocycles. The lowest BCUT2D eigenvalue weighted by Gasteiger charge is -2.34. The number of fused-ring (bicyclic) bond motifs is 1. The summed E-state index contributed by atoms with van der Waals surface area (Å²) >= 11 is 6.28. The Balaban J connectivity index is 1.58. The van der Waals surface area contributed by atoms with Gasteiger partial charge in [-0.3, -0.25) is 19.6 Å². The van der Waals surface area contributed by atoms with Crippen molar-refractivity contribution in [1.82, 2.24) is 20.1 Å². The van der Waals surface area contributed by atoms with Crippen molar-refractivity contribution >= 4 is 28.4 Å². The maximum atomic E-state index is 11.9. The van der Waals surface area contributed by atoms with Crippen LogP contribution in [0.15, 0.2) is 30.5 Å². The van der Waals surface area contributed by atoms with Crippen molar-refractivity contribution in [2.75, 3.05) is 32.7 Å². The molecule has 1 aliphatic rings. The van der Waals surface area contributed by atoms with Gasteiger partial charge in [-0.05, 0) is 37.6 Å². The Kier molecular flexibility index (Phi) is 5.89. The number of aromatic nitrogens is 1. The van der Waals surface area contributed by atoms with Crippen LogP contribution in [-0.4, -0.2) is 59.5 Å². The topological polar surface area (TPSA) is 48.5 Å². The Morgan fingerprint density at radius 1 is 1.20 bits per heavy atom. The second-order valence-corrected chi connectivity index (χ2v) is 7.29. The molecular formula is C19H25ClN4O. The van der Waals surface area contributed by atoms with Gasteiger partial charge in [-0.2, -0.15) is 0 Å². The van der Waals surface area contributed by atoms with Crippen molar-refractivity contribution in [2.24, 2.45) is 0 Å². The maximum absolute atomic E-state index is 11.9. The largest absolute Gasteiger partial charge is 0.353 e. The molecule has 0 unspecified atom stereocenters. The normalized spacial score (nSPS) is 16.5. The monoisotopic (exact) mass is 360 g/mol. The summed E-state index contributed by atoms with van der Waals surface area (Å²) in [7, 11) is 0. The molecule has 0 radical (unpaired) electrons. The van der Waals surface area contributed by atoms with Gasteiger partial charge in [0.15, 0.2) is 0 Å². The van der Waals surface area contributed by atoms with Crippen LogP contribution in [0.5, 0.6) is 0 Å². The summed E-state index contributed by atoms with van der Waals surface area (Å²) in [5.74, 6) is 0.108. The average Bonchev–Trinajstić information content (AvgIpc) is 2.58. The Hall–Kier alpha value is -1.69. The van der Waals surface area contributed by atoms with Crippen LogP contribution in [0.2, 0.25) is 5.02 Å². The zero-order valence-corrected chi connectivity index (χ0v) is 15.6. The number of pyridine rings is 1. The van der Waals surface area contributed by atoms with E-state index in [1.807, 2.05) is 38.2 Å². The van der Waals surface area contributed by atoms with Gasteiger partial charge >= 0.3 is 0 Å². The summed E-state index contributed by atoms with van der Waals surface area (Å²) in [4.78, 5) is 21.0. The highest BCUT2D eigenvalue weighted by Crippen LogP contribution is 2.25.